The van der Waals surface area contributed by atoms with Crippen molar-refractivity contribution < 1.29 is 22.7 Å². The lowest BCUT2D eigenvalue weighted by Gasteiger charge is -2.26. The molecule has 5 heteroatoms. The van der Waals surface area contributed by atoms with Gasteiger partial charge in [0, 0.05) is 12.8 Å². The Morgan fingerprint density at radius 3 is 2.33 bits per heavy atom. The molecule has 0 bridgehead atoms. The van der Waals surface area contributed by atoms with Gasteiger partial charge in [-0.05, 0) is 23.5 Å². The van der Waals surface area contributed by atoms with Crippen LogP contribution in [0.25, 0.3) is 0 Å². The molecule has 118 valence electrons. The number of benzene rings is 1. The molecule has 0 amide bonds. The van der Waals surface area contributed by atoms with Gasteiger partial charge in [-0.15, -0.1) is 0 Å². The van der Waals surface area contributed by atoms with E-state index in [1.165, 1.54) is 13.0 Å². The van der Waals surface area contributed by atoms with Gasteiger partial charge in [0.05, 0.1) is 12.2 Å². The van der Waals surface area contributed by atoms with Crippen molar-refractivity contribution in [3.05, 3.63) is 35.4 Å². The predicted octanol–water partition coefficient (Wildman–Crippen LogP) is 4.79. The molecule has 0 heterocycles. The summed E-state index contributed by atoms with van der Waals surface area (Å²) in [6.45, 7) is 7.39. The molecule has 0 aliphatic carbocycles. The maximum absolute atomic E-state index is 12.8. The van der Waals surface area contributed by atoms with Crippen LogP contribution in [0.5, 0.6) is 0 Å². The lowest BCUT2D eigenvalue weighted by atomic mass is 9.81. The topological polar surface area (TPSA) is 26.3 Å². The van der Waals surface area contributed by atoms with Gasteiger partial charge in [-0.3, -0.25) is 4.79 Å². The van der Waals surface area contributed by atoms with Crippen LogP contribution in [-0.2, 0) is 15.7 Å². The molecule has 21 heavy (non-hydrogen) atoms. The van der Waals surface area contributed by atoms with Crippen molar-refractivity contribution in [2.75, 3.05) is 6.61 Å². The van der Waals surface area contributed by atoms with E-state index in [4.69, 9.17) is 4.74 Å². The van der Waals surface area contributed by atoms with E-state index >= 15 is 0 Å². The van der Waals surface area contributed by atoms with Crippen LogP contribution in [0.15, 0.2) is 24.3 Å². The van der Waals surface area contributed by atoms with E-state index in [-0.39, 0.29) is 17.9 Å². The number of carbonyl (C=O) groups is 1. The Morgan fingerprint density at radius 1 is 1.24 bits per heavy atom. The highest BCUT2D eigenvalue weighted by atomic mass is 19.4. The van der Waals surface area contributed by atoms with Crippen molar-refractivity contribution >= 4 is 5.97 Å². The SMILES string of the molecule is CC(=O)OC[C@@H](CC(C)(C)C)c1cccc(C(F)(F)F)c1. The minimum absolute atomic E-state index is 0.0843. The van der Waals surface area contributed by atoms with Crippen LogP contribution in [0.4, 0.5) is 13.2 Å². The van der Waals surface area contributed by atoms with Crippen molar-refractivity contribution in [3.8, 4) is 0 Å². The molecule has 2 nitrogen and oxygen atoms in total. The molecule has 0 N–H and O–H groups in total. The van der Waals surface area contributed by atoms with Crippen LogP contribution in [0, 0.1) is 5.41 Å². The van der Waals surface area contributed by atoms with Crippen LogP contribution in [-0.4, -0.2) is 12.6 Å². The highest BCUT2D eigenvalue weighted by molar-refractivity contribution is 5.65. The third kappa shape index (κ3) is 6.19. The molecule has 0 fully saturated rings. The van der Waals surface area contributed by atoms with Crippen molar-refractivity contribution in [2.45, 2.75) is 46.2 Å². The van der Waals surface area contributed by atoms with E-state index in [1.54, 1.807) is 6.07 Å². The normalized spacial score (nSPS) is 13.9. The van der Waals surface area contributed by atoms with E-state index in [0.717, 1.165) is 12.1 Å². The summed E-state index contributed by atoms with van der Waals surface area (Å²) in [4.78, 5) is 11.0. The van der Waals surface area contributed by atoms with Gasteiger partial charge in [0.25, 0.3) is 0 Å². The Labute approximate surface area is 123 Å². The standard InChI is InChI=1S/C16H21F3O2/c1-11(20)21-10-13(9-15(2,3)4)12-6-5-7-14(8-12)16(17,18)19/h5-8,13H,9-10H2,1-4H3/t13-/m1/s1. The van der Waals surface area contributed by atoms with Gasteiger partial charge >= 0.3 is 12.1 Å². The maximum Gasteiger partial charge on any atom is 0.416 e. The van der Waals surface area contributed by atoms with E-state index in [9.17, 15) is 18.0 Å². The fourth-order valence-electron chi connectivity index (χ4n) is 2.20. The summed E-state index contributed by atoms with van der Waals surface area (Å²) < 4.78 is 43.4. The fourth-order valence-corrected chi connectivity index (χ4v) is 2.20. The monoisotopic (exact) mass is 302 g/mol. The molecule has 0 aromatic heterocycles. The summed E-state index contributed by atoms with van der Waals surface area (Å²) in [6.07, 6.45) is -3.74. The van der Waals surface area contributed by atoms with Crippen LogP contribution >= 0.6 is 0 Å². The molecule has 0 saturated heterocycles. The quantitative estimate of drug-likeness (QED) is 0.748. The molecule has 0 spiro atoms. The summed E-state index contributed by atoms with van der Waals surface area (Å²) in [5, 5.41) is 0. The number of esters is 1. The second-order valence-electron chi connectivity index (χ2n) is 6.39. The second-order valence-corrected chi connectivity index (χ2v) is 6.39. The second kappa shape index (κ2) is 6.50. The lowest BCUT2D eigenvalue weighted by molar-refractivity contribution is -0.142. The Morgan fingerprint density at radius 2 is 1.86 bits per heavy atom. The van der Waals surface area contributed by atoms with Crippen LogP contribution in [0.2, 0.25) is 0 Å². The number of alkyl halides is 3. The molecular weight excluding hydrogens is 281 g/mol. The summed E-state index contributed by atoms with van der Waals surface area (Å²) in [6, 6.07) is 5.22. The van der Waals surface area contributed by atoms with E-state index in [2.05, 4.69) is 0 Å². The lowest BCUT2D eigenvalue weighted by Crippen LogP contribution is -2.18. The largest absolute Gasteiger partial charge is 0.465 e. The van der Waals surface area contributed by atoms with E-state index in [1.807, 2.05) is 20.8 Å². The van der Waals surface area contributed by atoms with Gasteiger partial charge in [-0.25, -0.2) is 0 Å². The third-order valence-electron chi connectivity index (χ3n) is 3.03. The molecule has 1 atom stereocenters. The average molecular weight is 302 g/mol. The minimum atomic E-state index is -4.37. The van der Waals surface area contributed by atoms with Crippen molar-refractivity contribution in [3.63, 3.8) is 0 Å². The van der Waals surface area contributed by atoms with Gasteiger partial charge in [-0.2, -0.15) is 13.2 Å². The molecule has 0 unspecified atom stereocenters. The summed E-state index contributed by atoms with van der Waals surface area (Å²) >= 11 is 0. The van der Waals surface area contributed by atoms with Gasteiger partial charge < -0.3 is 4.74 Å². The van der Waals surface area contributed by atoms with Crippen LogP contribution < -0.4 is 0 Å². The summed E-state index contributed by atoms with van der Waals surface area (Å²) in [5.41, 5.74) is -0.221. The first-order valence-corrected chi connectivity index (χ1v) is 6.79. The van der Waals surface area contributed by atoms with Crippen molar-refractivity contribution in [1.29, 1.82) is 0 Å². The number of hydrogen-bond acceptors (Lipinski definition) is 2. The molecule has 0 radical (unpaired) electrons. The van der Waals surface area contributed by atoms with Crippen LogP contribution in [0.3, 0.4) is 0 Å². The summed E-state index contributed by atoms with van der Waals surface area (Å²) in [7, 11) is 0. The highest BCUT2D eigenvalue weighted by Crippen LogP contribution is 2.35. The molecule has 1 aromatic rings. The third-order valence-corrected chi connectivity index (χ3v) is 3.03. The molecule has 0 aliphatic rings. The Bertz CT molecular complexity index is 487. The zero-order chi connectivity index (χ0) is 16.3. The van der Waals surface area contributed by atoms with Gasteiger partial charge in [0.2, 0.25) is 0 Å². The molecule has 0 aliphatic heterocycles. The number of hydrogen-bond donors (Lipinski definition) is 0. The van der Waals surface area contributed by atoms with Crippen molar-refractivity contribution in [1.82, 2.24) is 0 Å². The maximum atomic E-state index is 12.8. The van der Waals surface area contributed by atoms with Gasteiger partial charge in [0.1, 0.15) is 0 Å². The van der Waals surface area contributed by atoms with E-state index < -0.39 is 17.7 Å². The minimum Gasteiger partial charge on any atom is -0.465 e. The summed E-state index contributed by atoms with van der Waals surface area (Å²) in [5.74, 6) is -0.683. The smallest absolute Gasteiger partial charge is 0.416 e. The van der Waals surface area contributed by atoms with Crippen molar-refractivity contribution in [2.24, 2.45) is 5.41 Å². The first-order valence-electron chi connectivity index (χ1n) is 6.79. The predicted molar refractivity (Wildman–Crippen MR) is 74.9 cm³/mol. The molecule has 1 aromatic carbocycles. The first kappa shape index (κ1) is 17.5. The number of halogens is 3. The van der Waals surface area contributed by atoms with Gasteiger partial charge in [0.15, 0.2) is 0 Å². The number of rotatable bonds is 4. The molecule has 0 saturated carbocycles. The van der Waals surface area contributed by atoms with E-state index in [0.29, 0.717) is 12.0 Å². The van der Waals surface area contributed by atoms with Crippen LogP contribution in [0.1, 0.15) is 51.2 Å². The number of carbonyl (C=O) groups excluding carboxylic acids is 1. The fraction of sp³-hybridized carbons (Fsp3) is 0.562. The van der Waals surface area contributed by atoms with Gasteiger partial charge in [-0.1, -0.05) is 39.0 Å². The highest BCUT2D eigenvalue weighted by Gasteiger charge is 2.31. The molecule has 1 rings (SSSR count). The Kier molecular flexibility index (Phi) is 5.42. The average Bonchev–Trinajstić information content (AvgIpc) is 2.32. The first-order chi connectivity index (χ1) is 9.49. The zero-order valence-corrected chi connectivity index (χ0v) is 12.8. The molecular formula is C16H21F3O2. The zero-order valence-electron chi connectivity index (χ0n) is 12.8. The Hall–Kier alpha value is -1.52. The number of ether oxygens (including phenoxy) is 1. The Balaban J connectivity index is 3.04.